The number of nitrogens with one attached hydrogen (secondary N) is 1. The van der Waals surface area contributed by atoms with Gasteiger partial charge in [-0.2, -0.15) is 0 Å². The zero-order chi connectivity index (χ0) is 27.3. The number of benzene rings is 3. The maximum Gasteiger partial charge on any atom is 0.243 e. The van der Waals surface area contributed by atoms with Crippen molar-refractivity contribution in [1.82, 2.24) is 10.2 Å². The van der Waals surface area contributed by atoms with Crippen LogP contribution in [0.1, 0.15) is 37.8 Å². The molecule has 0 aromatic heterocycles. The molecule has 0 fully saturated rings. The van der Waals surface area contributed by atoms with E-state index in [1.807, 2.05) is 86.6 Å². The second-order valence-corrected chi connectivity index (χ2v) is 10.1. The van der Waals surface area contributed by atoms with Crippen molar-refractivity contribution in [3.05, 3.63) is 95.0 Å². The highest BCUT2D eigenvalue weighted by atomic mass is 35.5. The fraction of sp³-hybridized carbons (Fsp3) is 0.355. The van der Waals surface area contributed by atoms with Gasteiger partial charge in [-0.1, -0.05) is 67.9 Å². The van der Waals surface area contributed by atoms with Crippen molar-refractivity contribution in [2.75, 3.05) is 20.3 Å². The molecule has 7 heteroatoms. The van der Waals surface area contributed by atoms with Crippen LogP contribution in [-0.2, 0) is 22.6 Å². The molecule has 0 saturated heterocycles. The summed E-state index contributed by atoms with van der Waals surface area (Å²) in [6, 6.07) is 23.9. The summed E-state index contributed by atoms with van der Waals surface area (Å²) >= 11 is 6.24. The molecule has 0 radical (unpaired) electrons. The second kappa shape index (κ2) is 15.0. The van der Waals surface area contributed by atoms with Gasteiger partial charge in [0.2, 0.25) is 11.8 Å². The molecule has 3 aromatic rings. The number of hydrogen-bond donors (Lipinski definition) is 1. The molecule has 1 N–H and O–H groups in total. The molecule has 3 rings (SSSR count). The van der Waals surface area contributed by atoms with Crippen LogP contribution in [-0.4, -0.2) is 43.0 Å². The molecule has 38 heavy (non-hydrogen) atoms. The fourth-order valence-corrected chi connectivity index (χ4v) is 4.25. The standard InChI is InChI=1S/C31H37ClN2O4/c1-23(2)21-33-31(36)29(20-24-9-5-4-6-10-24)34(22-25-11-7-12-26(32)19-25)30(35)13-8-18-38-28-16-14-27(37-3)15-17-28/h4-7,9-12,14-17,19,23,29H,8,13,18,20-22H2,1-3H3,(H,33,36)/t29-/m0/s1. The van der Waals surface area contributed by atoms with Crippen molar-refractivity contribution >= 4 is 23.4 Å². The van der Waals surface area contributed by atoms with Crippen LogP contribution in [0.4, 0.5) is 0 Å². The van der Waals surface area contributed by atoms with Crippen LogP contribution >= 0.6 is 11.6 Å². The maximum atomic E-state index is 13.6. The maximum absolute atomic E-state index is 13.6. The van der Waals surface area contributed by atoms with Crippen molar-refractivity contribution < 1.29 is 19.1 Å². The van der Waals surface area contributed by atoms with E-state index in [1.54, 1.807) is 18.1 Å². The summed E-state index contributed by atoms with van der Waals surface area (Å²) in [5.41, 5.74) is 1.86. The molecule has 0 bridgehead atoms. The lowest BCUT2D eigenvalue weighted by Crippen LogP contribution is -2.51. The predicted molar refractivity (Wildman–Crippen MR) is 152 cm³/mol. The number of rotatable bonds is 14. The van der Waals surface area contributed by atoms with Gasteiger partial charge < -0.3 is 19.7 Å². The summed E-state index contributed by atoms with van der Waals surface area (Å²) in [5, 5.41) is 3.63. The largest absolute Gasteiger partial charge is 0.497 e. The first-order valence-electron chi connectivity index (χ1n) is 13.0. The van der Waals surface area contributed by atoms with Gasteiger partial charge in [0.1, 0.15) is 17.5 Å². The highest BCUT2D eigenvalue weighted by Gasteiger charge is 2.30. The second-order valence-electron chi connectivity index (χ2n) is 9.62. The molecule has 0 aliphatic rings. The molecule has 0 saturated carbocycles. The molecular weight excluding hydrogens is 500 g/mol. The zero-order valence-electron chi connectivity index (χ0n) is 22.4. The smallest absolute Gasteiger partial charge is 0.243 e. The van der Waals surface area contributed by atoms with E-state index in [0.29, 0.717) is 42.7 Å². The Hall–Kier alpha value is -3.51. The molecule has 0 spiro atoms. The van der Waals surface area contributed by atoms with Crippen LogP contribution in [0, 0.1) is 5.92 Å². The van der Waals surface area contributed by atoms with Crippen molar-refractivity contribution in [2.45, 2.75) is 45.7 Å². The number of nitrogens with zero attached hydrogens (tertiary/aromatic N) is 1. The molecule has 2 amide bonds. The Kier molecular flexibility index (Phi) is 11.5. The first kappa shape index (κ1) is 29.1. The van der Waals surface area contributed by atoms with E-state index in [1.165, 1.54) is 0 Å². The number of methoxy groups -OCH3 is 1. The van der Waals surface area contributed by atoms with E-state index >= 15 is 0 Å². The number of carbonyl (C=O) groups is 2. The molecule has 0 aliphatic carbocycles. The Morgan fingerprint density at radius 1 is 0.921 bits per heavy atom. The monoisotopic (exact) mass is 536 g/mol. The lowest BCUT2D eigenvalue weighted by molar-refractivity contribution is -0.141. The Morgan fingerprint density at radius 3 is 2.26 bits per heavy atom. The number of halogens is 1. The summed E-state index contributed by atoms with van der Waals surface area (Å²) in [6.07, 6.45) is 1.18. The van der Waals surface area contributed by atoms with Crippen LogP contribution in [0.25, 0.3) is 0 Å². The number of carbonyl (C=O) groups excluding carboxylic acids is 2. The van der Waals surface area contributed by atoms with E-state index in [2.05, 4.69) is 5.32 Å². The van der Waals surface area contributed by atoms with Gasteiger partial charge in [-0.05, 0) is 59.9 Å². The lowest BCUT2D eigenvalue weighted by Gasteiger charge is -2.32. The van der Waals surface area contributed by atoms with Gasteiger partial charge in [0.05, 0.1) is 13.7 Å². The third-order valence-corrected chi connectivity index (χ3v) is 6.30. The minimum Gasteiger partial charge on any atom is -0.497 e. The zero-order valence-corrected chi connectivity index (χ0v) is 23.1. The molecule has 0 aliphatic heterocycles. The summed E-state index contributed by atoms with van der Waals surface area (Å²) in [4.78, 5) is 28.8. The Bertz CT molecular complexity index is 1150. The minimum absolute atomic E-state index is 0.107. The fourth-order valence-electron chi connectivity index (χ4n) is 4.04. The Labute approximate surface area is 230 Å². The number of ether oxygens (including phenoxy) is 2. The van der Waals surface area contributed by atoms with Crippen LogP contribution in [0.15, 0.2) is 78.9 Å². The summed E-state index contributed by atoms with van der Waals surface area (Å²) < 4.78 is 11.0. The first-order chi connectivity index (χ1) is 18.4. The minimum atomic E-state index is -0.662. The van der Waals surface area contributed by atoms with E-state index in [9.17, 15) is 9.59 Å². The van der Waals surface area contributed by atoms with Crippen LogP contribution < -0.4 is 14.8 Å². The Balaban J connectivity index is 1.76. The van der Waals surface area contributed by atoms with E-state index in [-0.39, 0.29) is 24.8 Å². The van der Waals surface area contributed by atoms with Gasteiger partial charge in [-0.15, -0.1) is 0 Å². The van der Waals surface area contributed by atoms with Gasteiger partial charge in [0.25, 0.3) is 0 Å². The third kappa shape index (κ3) is 9.42. The van der Waals surface area contributed by atoms with Crippen molar-refractivity contribution in [3.8, 4) is 11.5 Å². The summed E-state index contributed by atoms with van der Waals surface area (Å²) in [6.45, 7) is 5.30. The van der Waals surface area contributed by atoms with Crippen LogP contribution in [0.2, 0.25) is 5.02 Å². The summed E-state index contributed by atoms with van der Waals surface area (Å²) in [5.74, 6) is 1.49. The molecule has 3 aromatic carbocycles. The summed E-state index contributed by atoms with van der Waals surface area (Å²) in [7, 11) is 1.62. The Morgan fingerprint density at radius 2 is 1.61 bits per heavy atom. The molecule has 202 valence electrons. The van der Waals surface area contributed by atoms with Gasteiger partial charge >= 0.3 is 0 Å². The highest BCUT2D eigenvalue weighted by Crippen LogP contribution is 2.20. The topological polar surface area (TPSA) is 67.9 Å². The van der Waals surface area contributed by atoms with E-state index in [0.717, 1.165) is 16.9 Å². The van der Waals surface area contributed by atoms with Gasteiger partial charge in [0, 0.05) is 31.0 Å². The number of amides is 2. The molecule has 6 nitrogen and oxygen atoms in total. The normalized spacial score (nSPS) is 11.6. The van der Waals surface area contributed by atoms with Crippen molar-refractivity contribution in [3.63, 3.8) is 0 Å². The SMILES string of the molecule is COc1ccc(OCCCC(=O)N(Cc2cccc(Cl)c2)[C@@H](Cc2ccccc2)C(=O)NCC(C)C)cc1. The quantitative estimate of drug-likeness (QED) is 0.260. The van der Waals surface area contributed by atoms with Crippen LogP contribution in [0.3, 0.4) is 0 Å². The average molecular weight is 537 g/mol. The van der Waals surface area contributed by atoms with Gasteiger partial charge in [0.15, 0.2) is 0 Å². The predicted octanol–water partition coefficient (Wildman–Crippen LogP) is 5.92. The first-order valence-corrected chi connectivity index (χ1v) is 13.4. The molecular formula is C31H37ClN2O4. The van der Waals surface area contributed by atoms with Crippen LogP contribution in [0.5, 0.6) is 11.5 Å². The van der Waals surface area contributed by atoms with Gasteiger partial charge in [-0.25, -0.2) is 0 Å². The highest BCUT2D eigenvalue weighted by molar-refractivity contribution is 6.30. The van der Waals surface area contributed by atoms with E-state index < -0.39 is 6.04 Å². The average Bonchev–Trinajstić information content (AvgIpc) is 2.92. The lowest BCUT2D eigenvalue weighted by atomic mass is 10.0. The van der Waals surface area contributed by atoms with Crippen molar-refractivity contribution in [2.24, 2.45) is 5.92 Å². The molecule has 1 atom stereocenters. The van der Waals surface area contributed by atoms with Crippen molar-refractivity contribution in [1.29, 1.82) is 0 Å². The number of hydrogen-bond acceptors (Lipinski definition) is 4. The van der Waals surface area contributed by atoms with Gasteiger partial charge in [-0.3, -0.25) is 9.59 Å². The molecule has 0 heterocycles. The molecule has 0 unspecified atom stereocenters. The van der Waals surface area contributed by atoms with E-state index in [4.69, 9.17) is 21.1 Å². The third-order valence-electron chi connectivity index (χ3n) is 6.06.